The van der Waals surface area contributed by atoms with Gasteiger partial charge in [-0.25, -0.2) is 0 Å². The molecule has 2 amide bonds. The van der Waals surface area contributed by atoms with Crippen molar-refractivity contribution in [3.8, 4) is 11.5 Å². The number of hydrogen-bond acceptors (Lipinski definition) is 5. The van der Waals surface area contributed by atoms with Crippen molar-refractivity contribution >= 4 is 17.5 Å². The van der Waals surface area contributed by atoms with Crippen LogP contribution in [0.5, 0.6) is 11.5 Å². The van der Waals surface area contributed by atoms with Crippen molar-refractivity contribution in [1.29, 1.82) is 0 Å². The van der Waals surface area contributed by atoms with Crippen molar-refractivity contribution in [3.05, 3.63) is 17.7 Å². The first-order valence-electron chi connectivity index (χ1n) is 8.61. The van der Waals surface area contributed by atoms with Gasteiger partial charge >= 0.3 is 0 Å². The summed E-state index contributed by atoms with van der Waals surface area (Å²) in [7, 11) is 0. The zero-order chi connectivity index (χ0) is 18.6. The monoisotopic (exact) mass is 349 g/mol. The van der Waals surface area contributed by atoms with E-state index >= 15 is 0 Å². The maximum absolute atomic E-state index is 12.2. The molecule has 4 N–H and O–H groups in total. The van der Waals surface area contributed by atoms with E-state index in [1.807, 2.05) is 33.8 Å². The lowest BCUT2D eigenvalue weighted by Crippen LogP contribution is -2.46. The Balaban J connectivity index is 2.02. The second kappa shape index (κ2) is 8.20. The van der Waals surface area contributed by atoms with Gasteiger partial charge in [0.2, 0.25) is 11.8 Å². The zero-order valence-corrected chi connectivity index (χ0v) is 15.2. The van der Waals surface area contributed by atoms with Crippen LogP contribution < -0.4 is 25.8 Å². The maximum Gasteiger partial charge on any atom is 0.243 e. The Morgan fingerprint density at radius 1 is 1.40 bits per heavy atom. The molecule has 0 saturated carbocycles. The smallest absolute Gasteiger partial charge is 0.243 e. The van der Waals surface area contributed by atoms with Gasteiger partial charge < -0.3 is 25.8 Å². The van der Waals surface area contributed by atoms with E-state index in [0.717, 1.165) is 17.7 Å². The van der Waals surface area contributed by atoms with Crippen molar-refractivity contribution in [2.24, 2.45) is 11.7 Å². The highest BCUT2D eigenvalue weighted by molar-refractivity contribution is 5.96. The largest absolute Gasteiger partial charge is 0.492 e. The molecule has 1 aliphatic heterocycles. The summed E-state index contributed by atoms with van der Waals surface area (Å²) >= 11 is 0. The van der Waals surface area contributed by atoms with E-state index in [4.69, 9.17) is 15.2 Å². The summed E-state index contributed by atoms with van der Waals surface area (Å²) in [4.78, 5) is 24.0. The Kier molecular flexibility index (Phi) is 6.25. The van der Waals surface area contributed by atoms with Crippen LogP contribution in [-0.2, 0) is 16.0 Å². The number of rotatable bonds is 7. The third-order valence-corrected chi connectivity index (χ3v) is 4.02. The van der Waals surface area contributed by atoms with Gasteiger partial charge in [0.05, 0.1) is 24.9 Å². The first kappa shape index (κ1) is 19.1. The van der Waals surface area contributed by atoms with Crippen LogP contribution in [0.15, 0.2) is 12.1 Å². The van der Waals surface area contributed by atoms with Crippen LogP contribution in [0.1, 0.15) is 33.3 Å². The quantitative estimate of drug-likeness (QED) is 0.691. The highest BCUT2D eigenvalue weighted by Crippen LogP contribution is 2.37. The van der Waals surface area contributed by atoms with Gasteiger partial charge in [0.1, 0.15) is 17.6 Å². The number of fused-ring (bicyclic) bond motifs is 1. The van der Waals surface area contributed by atoms with Gasteiger partial charge in [-0.05, 0) is 25.8 Å². The standard InChI is InChI=1S/C18H27N3O4/c1-5-24-15-7-12-6-11(4)25-14(12)8-13(15)21-16(22)9-20-18(23)17(19)10(2)3/h7-8,10-11,17H,5-6,9,19H2,1-4H3,(H,20,23)(H,21,22)/t11?,17-/m0/s1. The summed E-state index contributed by atoms with van der Waals surface area (Å²) in [5.41, 5.74) is 7.35. The van der Waals surface area contributed by atoms with Gasteiger partial charge in [0, 0.05) is 18.1 Å². The predicted molar refractivity (Wildman–Crippen MR) is 95.9 cm³/mol. The molecule has 7 nitrogen and oxygen atoms in total. The topological polar surface area (TPSA) is 103 Å². The van der Waals surface area contributed by atoms with Gasteiger partial charge in [-0.1, -0.05) is 13.8 Å². The highest BCUT2D eigenvalue weighted by Gasteiger charge is 2.23. The number of carbonyl (C=O) groups is 2. The summed E-state index contributed by atoms with van der Waals surface area (Å²) in [6.07, 6.45) is 0.916. The number of carbonyl (C=O) groups excluding carboxylic acids is 2. The molecule has 1 aliphatic rings. The Bertz CT molecular complexity index is 645. The number of hydrogen-bond donors (Lipinski definition) is 3. The molecule has 0 aliphatic carbocycles. The summed E-state index contributed by atoms with van der Waals surface area (Å²) in [5.74, 6) is 0.649. The van der Waals surface area contributed by atoms with Gasteiger partial charge in [-0.3, -0.25) is 9.59 Å². The molecule has 0 fully saturated rings. The Morgan fingerprint density at radius 3 is 2.76 bits per heavy atom. The van der Waals surface area contributed by atoms with Gasteiger partial charge in [0.25, 0.3) is 0 Å². The fraction of sp³-hybridized carbons (Fsp3) is 0.556. The molecule has 1 aromatic carbocycles. The zero-order valence-electron chi connectivity index (χ0n) is 15.2. The number of anilines is 1. The van der Waals surface area contributed by atoms with Crippen molar-refractivity contribution in [3.63, 3.8) is 0 Å². The lowest BCUT2D eigenvalue weighted by Gasteiger charge is -2.16. The van der Waals surface area contributed by atoms with Gasteiger partial charge in [0.15, 0.2) is 0 Å². The normalized spacial score (nSPS) is 16.8. The van der Waals surface area contributed by atoms with E-state index in [0.29, 0.717) is 18.0 Å². The molecule has 1 aromatic rings. The van der Waals surface area contributed by atoms with Crippen LogP contribution in [0.4, 0.5) is 5.69 Å². The minimum Gasteiger partial charge on any atom is -0.492 e. The van der Waals surface area contributed by atoms with E-state index in [9.17, 15) is 9.59 Å². The fourth-order valence-electron chi connectivity index (χ4n) is 2.59. The summed E-state index contributed by atoms with van der Waals surface area (Å²) < 4.78 is 11.3. The van der Waals surface area contributed by atoms with Crippen molar-refractivity contribution in [2.45, 2.75) is 46.3 Å². The summed E-state index contributed by atoms with van der Waals surface area (Å²) in [6, 6.07) is 3.02. The molecule has 0 aromatic heterocycles. The van der Waals surface area contributed by atoms with Gasteiger partial charge in [-0.15, -0.1) is 0 Å². The first-order chi connectivity index (χ1) is 11.8. The second-order valence-corrected chi connectivity index (χ2v) is 6.56. The van der Waals surface area contributed by atoms with E-state index < -0.39 is 6.04 Å². The number of nitrogens with one attached hydrogen (secondary N) is 2. The van der Waals surface area contributed by atoms with Crippen molar-refractivity contribution in [2.75, 3.05) is 18.5 Å². The Labute approximate surface area is 148 Å². The maximum atomic E-state index is 12.2. The van der Waals surface area contributed by atoms with Crippen LogP contribution in [0.25, 0.3) is 0 Å². The van der Waals surface area contributed by atoms with E-state index in [1.54, 1.807) is 6.07 Å². The van der Waals surface area contributed by atoms with Crippen LogP contribution in [0, 0.1) is 5.92 Å². The van der Waals surface area contributed by atoms with Crippen LogP contribution in [-0.4, -0.2) is 37.1 Å². The van der Waals surface area contributed by atoms with Crippen LogP contribution in [0.3, 0.4) is 0 Å². The summed E-state index contributed by atoms with van der Waals surface area (Å²) in [5, 5.41) is 5.31. The van der Waals surface area contributed by atoms with Crippen molar-refractivity contribution in [1.82, 2.24) is 5.32 Å². The molecular formula is C18H27N3O4. The predicted octanol–water partition coefficient (Wildman–Crippen LogP) is 1.45. The third kappa shape index (κ3) is 4.85. The molecule has 2 atom stereocenters. The van der Waals surface area contributed by atoms with E-state index in [1.165, 1.54) is 0 Å². The SMILES string of the molecule is CCOc1cc2c(cc1NC(=O)CNC(=O)[C@@H](N)C(C)C)OC(C)C2. The molecule has 0 radical (unpaired) electrons. The Hall–Kier alpha value is -2.28. The minimum absolute atomic E-state index is 0.00321. The van der Waals surface area contributed by atoms with Crippen LogP contribution >= 0.6 is 0 Å². The fourth-order valence-corrected chi connectivity index (χ4v) is 2.59. The molecule has 7 heteroatoms. The molecular weight excluding hydrogens is 322 g/mol. The lowest BCUT2D eigenvalue weighted by atomic mass is 10.1. The lowest BCUT2D eigenvalue weighted by molar-refractivity contribution is -0.125. The highest BCUT2D eigenvalue weighted by atomic mass is 16.5. The van der Waals surface area contributed by atoms with Crippen molar-refractivity contribution < 1.29 is 19.1 Å². The molecule has 0 spiro atoms. The average Bonchev–Trinajstić information content (AvgIpc) is 2.91. The molecule has 1 heterocycles. The summed E-state index contributed by atoms with van der Waals surface area (Å²) in [6.45, 7) is 7.91. The van der Waals surface area contributed by atoms with E-state index in [2.05, 4.69) is 10.6 Å². The molecule has 0 bridgehead atoms. The average molecular weight is 349 g/mol. The molecule has 2 rings (SSSR count). The second-order valence-electron chi connectivity index (χ2n) is 6.56. The number of amides is 2. The first-order valence-corrected chi connectivity index (χ1v) is 8.61. The van der Waals surface area contributed by atoms with Crippen LogP contribution in [0.2, 0.25) is 0 Å². The third-order valence-electron chi connectivity index (χ3n) is 4.02. The minimum atomic E-state index is -0.637. The number of nitrogens with two attached hydrogens (primary N) is 1. The molecule has 138 valence electrons. The Morgan fingerprint density at radius 2 is 2.12 bits per heavy atom. The number of benzene rings is 1. The van der Waals surface area contributed by atoms with E-state index in [-0.39, 0.29) is 30.4 Å². The number of ether oxygens (including phenoxy) is 2. The van der Waals surface area contributed by atoms with Gasteiger partial charge in [-0.2, -0.15) is 0 Å². The molecule has 25 heavy (non-hydrogen) atoms. The molecule has 0 saturated heterocycles. The molecule has 1 unspecified atom stereocenters.